The summed E-state index contributed by atoms with van der Waals surface area (Å²) in [7, 11) is 0. The van der Waals surface area contributed by atoms with Crippen LogP contribution in [-0.4, -0.2) is 43.6 Å². The van der Waals surface area contributed by atoms with Crippen molar-refractivity contribution in [2.75, 3.05) is 0 Å². The molecule has 0 radical (unpaired) electrons. The van der Waals surface area contributed by atoms with Crippen molar-refractivity contribution < 1.29 is 14.7 Å². The van der Waals surface area contributed by atoms with E-state index in [-0.39, 0.29) is 12.2 Å². The second kappa shape index (κ2) is 5.79. The lowest BCUT2D eigenvalue weighted by Gasteiger charge is -2.12. The summed E-state index contributed by atoms with van der Waals surface area (Å²) in [6.07, 6.45) is 0.997. The molecule has 8 heteroatoms. The van der Waals surface area contributed by atoms with Gasteiger partial charge in [0, 0.05) is 0 Å². The average molecular weight is 227 g/mol. The van der Waals surface area contributed by atoms with Crippen LogP contribution >= 0.6 is 0 Å². The molecule has 0 aliphatic heterocycles. The van der Waals surface area contributed by atoms with Crippen LogP contribution in [0.2, 0.25) is 0 Å². The highest BCUT2D eigenvalue weighted by molar-refractivity contribution is 5.84. The van der Waals surface area contributed by atoms with Crippen molar-refractivity contribution in [1.29, 1.82) is 0 Å². The van der Waals surface area contributed by atoms with E-state index < -0.39 is 17.9 Å². The number of carbonyl (C=O) groups is 2. The summed E-state index contributed by atoms with van der Waals surface area (Å²) in [5.41, 5.74) is 0. The first kappa shape index (κ1) is 12.1. The van der Waals surface area contributed by atoms with Gasteiger partial charge in [0.05, 0.1) is 6.42 Å². The van der Waals surface area contributed by atoms with Crippen LogP contribution in [0.1, 0.15) is 25.6 Å². The zero-order chi connectivity index (χ0) is 12.0. The average Bonchev–Trinajstić information content (AvgIpc) is 2.69. The molecule has 0 saturated heterocycles. The third-order valence-electron chi connectivity index (χ3n) is 1.92. The molecule has 88 valence electrons. The summed E-state index contributed by atoms with van der Waals surface area (Å²) in [4.78, 5) is 22.2. The summed E-state index contributed by atoms with van der Waals surface area (Å²) < 4.78 is 0. The lowest BCUT2D eigenvalue weighted by molar-refractivity contribution is -0.141. The zero-order valence-corrected chi connectivity index (χ0v) is 8.80. The second-order valence-electron chi connectivity index (χ2n) is 3.25. The third kappa shape index (κ3) is 3.64. The molecule has 0 aromatic carbocycles. The maximum Gasteiger partial charge on any atom is 0.326 e. The molecule has 0 aliphatic carbocycles. The van der Waals surface area contributed by atoms with Gasteiger partial charge in [0.2, 0.25) is 5.91 Å². The van der Waals surface area contributed by atoms with Crippen molar-refractivity contribution in [3.05, 3.63) is 5.82 Å². The Morgan fingerprint density at radius 3 is 2.81 bits per heavy atom. The van der Waals surface area contributed by atoms with Crippen LogP contribution in [0, 0.1) is 0 Å². The number of nitrogens with zero attached hydrogens (tertiary/aromatic N) is 3. The monoisotopic (exact) mass is 227 g/mol. The maximum atomic E-state index is 11.4. The first-order valence-electron chi connectivity index (χ1n) is 4.88. The molecule has 1 aromatic heterocycles. The van der Waals surface area contributed by atoms with E-state index in [4.69, 9.17) is 5.11 Å². The van der Waals surface area contributed by atoms with Gasteiger partial charge in [0.25, 0.3) is 0 Å². The number of H-pyrrole nitrogens is 1. The van der Waals surface area contributed by atoms with Gasteiger partial charge in [0.1, 0.15) is 6.04 Å². The first-order valence-corrected chi connectivity index (χ1v) is 4.88. The fraction of sp³-hybridized carbons (Fsp3) is 0.625. The Kier molecular flexibility index (Phi) is 4.37. The number of nitrogens with one attached hydrogen (secondary N) is 2. The minimum absolute atomic E-state index is 0.0794. The molecule has 1 unspecified atom stereocenters. The van der Waals surface area contributed by atoms with E-state index in [1.807, 2.05) is 6.92 Å². The normalized spacial score (nSPS) is 12.1. The van der Waals surface area contributed by atoms with Gasteiger partial charge in [-0.15, -0.1) is 10.2 Å². The molecule has 3 N–H and O–H groups in total. The van der Waals surface area contributed by atoms with Gasteiger partial charge < -0.3 is 10.4 Å². The first-order chi connectivity index (χ1) is 7.63. The van der Waals surface area contributed by atoms with Crippen LogP contribution in [0.3, 0.4) is 0 Å². The fourth-order valence-electron chi connectivity index (χ4n) is 1.19. The van der Waals surface area contributed by atoms with E-state index in [2.05, 4.69) is 25.9 Å². The summed E-state index contributed by atoms with van der Waals surface area (Å²) in [6.45, 7) is 1.85. The molecule has 1 atom stereocenters. The van der Waals surface area contributed by atoms with E-state index in [0.29, 0.717) is 12.8 Å². The molecular weight excluding hydrogens is 214 g/mol. The largest absolute Gasteiger partial charge is 0.480 e. The number of hydrogen-bond acceptors (Lipinski definition) is 5. The summed E-state index contributed by atoms with van der Waals surface area (Å²) in [6, 6.07) is -0.857. The molecule has 0 saturated carbocycles. The Hall–Kier alpha value is -1.99. The number of amides is 1. The Balaban J connectivity index is 2.45. The van der Waals surface area contributed by atoms with Crippen molar-refractivity contribution in [1.82, 2.24) is 25.9 Å². The molecule has 0 fully saturated rings. The smallest absolute Gasteiger partial charge is 0.326 e. The standard InChI is InChI=1S/C8H13N5O3/c1-2-3-5(8(15)16)9-7(14)4-6-10-12-13-11-6/h5H,2-4H2,1H3,(H,9,14)(H,15,16)(H,10,11,12,13). The summed E-state index contributed by atoms with van der Waals surface area (Å²) >= 11 is 0. The molecule has 0 aliphatic rings. The van der Waals surface area contributed by atoms with Crippen molar-refractivity contribution >= 4 is 11.9 Å². The van der Waals surface area contributed by atoms with Crippen molar-refractivity contribution in [3.8, 4) is 0 Å². The Bertz CT molecular complexity index is 351. The molecule has 0 bridgehead atoms. The van der Waals surface area contributed by atoms with Crippen molar-refractivity contribution in [2.24, 2.45) is 0 Å². The minimum atomic E-state index is -1.04. The zero-order valence-electron chi connectivity index (χ0n) is 8.80. The van der Waals surface area contributed by atoms with E-state index in [0.717, 1.165) is 0 Å². The number of carboxylic acid groups (broad SMARTS) is 1. The van der Waals surface area contributed by atoms with Crippen LogP contribution in [0.25, 0.3) is 0 Å². The van der Waals surface area contributed by atoms with E-state index in [1.54, 1.807) is 0 Å². The van der Waals surface area contributed by atoms with Crippen molar-refractivity contribution in [3.63, 3.8) is 0 Å². The van der Waals surface area contributed by atoms with Crippen LogP contribution < -0.4 is 5.32 Å². The van der Waals surface area contributed by atoms with Crippen LogP contribution in [-0.2, 0) is 16.0 Å². The number of hydrogen-bond donors (Lipinski definition) is 3. The predicted molar refractivity (Wildman–Crippen MR) is 52.4 cm³/mol. The number of aromatic nitrogens is 4. The fourth-order valence-corrected chi connectivity index (χ4v) is 1.19. The van der Waals surface area contributed by atoms with Gasteiger partial charge in [-0.2, -0.15) is 5.21 Å². The third-order valence-corrected chi connectivity index (χ3v) is 1.92. The van der Waals surface area contributed by atoms with Crippen LogP contribution in [0.5, 0.6) is 0 Å². The molecule has 0 spiro atoms. The Morgan fingerprint density at radius 2 is 2.31 bits per heavy atom. The van der Waals surface area contributed by atoms with Crippen molar-refractivity contribution in [2.45, 2.75) is 32.2 Å². The molecule has 1 aromatic rings. The second-order valence-corrected chi connectivity index (χ2v) is 3.25. The lowest BCUT2D eigenvalue weighted by atomic mass is 10.1. The van der Waals surface area contributed by atoms with Gasteiger partial charge in [-0.05, 0) is 6.42 Å². The van der Waals surface area contributed by atoms with E-state index in [1.165, 1.54) is 0 Å². The SMILES string of the molecule is CCCC(NC(=O)Cc1nn[nH]n1)C(=O)O. The van der Waals surface area contributed by atoms with E-state index in [9.17, 15) is 9.59 Å². The summed E-state index contributed by atoms with van der Waals surface area (Å²) in [5, 5.41) is 23.9. The molecule has 16 heavy (non-hydrogen) atoms. The topological polar surface area (TPSA) is 121 Å². The quantitative estimate of drug-likeness (QED) is 0.579. The van der Waals surface area contributed by atoms with E-state index >= 15 is 0 Å². The number of rotatable bonds is 6. The number of tetrazole rings is 1. The molecule has 1 rings (SSSR count). The van der Waals surface area contributed by atoms with Crippen LogP contribution in [0.15, 0.2) is 0 Å². The van der Waals surface area contributed by atoms with Gasteiger partial charge in [-0.3, -0.25) is 4.79 Å². The Labute approximate surface area is 91.4 Å². The number of carbonyl (C=O) groups excluding carboxylic acids is 1. The molecular formula is C8H13N5O3. The molecule has 1 heterocycles. The Morgan fingerprint density at radius 1 is 1.56 bits per heavy atom. The van der Waals surface area contributed by atoms with Gasteiger partial charge in [-0.25, -0.2) is 4.79 Å². The maximum absolute atomic E-state index is 11.4. The van der Waals surface area contributed by atoms with Gasteiger partial charge in [-0.1, -0.05) is 18.6 Å². The lowest BCUT2D eigenvalue weighted by Crippen LogP contribution is -2.41. The highest BCUT2D eigenvalue weighted by atomic mass is 16.4. The molecule has 1 amide bonds. The molecule has 8 nitrogen and oxygen atoms in total. The highest BCUT2D eigenvalue weighted by Crippen LogP contribution is 1.97. The number of carboxylic acids is 1. The van der Waals surface area contributed by atoms with Gasteiger partial charge in [0.15, 0.2) is 5.82 Å². The number of aromatic amines is 1. The minimum Gasteiger partial charge on any atom is -0.480 e. The predicted octanol–water partition coefficient (Wildman–Crippen LogP) is -0.888. The van der Waals surface area contributed by atoms with Crippen LogP contribution in [0.4, 0.5) is 0 Å². The highest BCUT2D eigenvalue weighted by Gasteiger charge is 2.19. The van der Waals surface area contributed by atoms with Gasteiger partial charge >= 0.3 is 5.97 Å². The number of aliphatic carboxylic acids is 1. The summed E-state index contributed by atoms with van der Waals surface area (Å²) in [5.74, 6) is -1.23.